The molecular formula is C22H30N2O5. The predicted octanol–water partition coefficient (Wildman–Crippen LogP) is 2.39. The Morgan fingerprint density at radius 1 is 1.10 bits per heavy atom. The first-order valence-corrected chi connectivity index (χ1v) is 10.2. The van der Waals surface area contributed by atoms with Crippen LogP contribution in [0.4, 0.5) is 0 Å². The zero-order chi connectivity index (χ0) is 21.0. The molecule has 2 amide bonds. The summed E-state index contributed by atoms with van der Waals surface area (Å²) >= 11 is 0. The zero-order valence-electron chi connectivity index (χ0n) is 17.4. The van der Waals surface area contributed by atoms with E-state index in [1.165, 1.54) is 5.56 Å². The van der Waals surface area contributed by atoms with Crippen LogP contribution < -0.4 is 10.1 Å². The van der Waals surface area contributed by atoms with Crippen molar-refractivity contribution in [3.8, 4) is 5.75 Å². The fraction of sp³-hybridized carbons (Fsp3) is 0.591. The van der Waals surface area contributed by atoms with E-state index in [2.05, 4.69) is 10.2 Å². The van der Waals surface area contributed by atoms with Crippen molar-refractivity contribution in [1.29, 1.82) is 0 Å². The number of hydrogen-bond acceptors (Lipinski definition) is 6. The summed E-state index contributed by atoms with van der Waals surface area (Å²) in [5.41, 5.74) is 0.782. The summed E-state index contributed by atoms with van der Waals surface area (Å²) < 4.78 is 11.1. The predicted molar refractivity (Wildman–Crippen MR) is 108 cm³/mol. The molecule has 2 aliphatic heterocycles. The lowest BCUT2D eigenvalue weighted by molar-refractivity contribution is -0.156. The SMILES string of the molecule is CC(C)(C)OC(=O)CN1CCC(c2ccc(O[C@@H]3CCC(=O)NC3=O)cc2)CC1. The van der Waals surface area contributed by atoms with Crippen molar-refractivity contribution < 1.29 is 23.9 Å². The number of nitrogens with one attached hydrogen (secondary N) is 1. The Bertz CT molecular complexity index is 745. The topological polar surface area (TPSA) is 84.9 Å². The number of imide groups is 1. The van der Waals surface area contributed by atoms with Crippen LogP contribution >= 0.6 is 0 Å². The average molecular weight is 402 g/mol. The number of piperidine rings is 2. The molecule has 0 spiro atoms. The van der Waals surface area contributed by atoms with Gasteiger partial charge in [-0.2, -0.15) is 0 Å². The Hall–Kier alpha value is -2.41. The van der Waals surface area contributed by atoms with Crippen molar-refractivity contribution in [1.82, 2.24) is 10.2 Å². The second-order valence-electron chi connectivity index (χ2n) is 8.76. The summed E-state index contributed by atoms with van der Waals surface area (Å²) in [6, 6.07) is 7.84. The monoisotopic (exact) mass is 402 g/mol. The highest BCUT2D eigenvalue weighted by Crippen LogP contribution is 2.29. The molecule has 7 nitrogen and oxygen atoms in total. The van der Waals surface area contributed by atoms with Crippen LogP contribution in [0.5, 0.6) is 5.75 Å². The van der Waals surface area contributed by atoms with Gasteiger partial charge in [-0.1, -0.05) is 12.1 Å². The largest absolute Gasteiger partial charge is 0.481 e. The lowest BCUT2D eigenvalue weighted by atomic mass is 9.89. The third-order valence-electron chi connectivity index (χ3n) is 5.18. The molecule has 0 aromatic heterocycles. The number of hydrogen-bond donors (Lipinski definition) is 1. The van der Waals surface area contributed by atoms with E-state index in [9.17, 15) is 14.4 Å². The minimum atomic E-state index is -0.616. The molecule has 0 unspecified atom stereocenters. The van der Waals surface area contributed by atoms with Crippen LogP contribution in [0.1, 0.15) is 57.9 Å². The van der Waals surface area contributed by atoms with Gasteiger partial charge in [-0.3, -0.25) is 24.6 Å². The summed E-state index contributed by atoms with van der Waals surface area (Å²) in [5, 5.41) is 2.30. The van der Waals surface area contributed by atoms with Crippen molar-refractivity contribution >= 4 is 17.8 Å². The molecule has 1 N–H and O–H groups in total. The smallest absolute Gasteiger partial charge is 0.320 e. The molecule has 0 aliphatic carbocycles. The van der Waals surface area contributed by atoms with Crippen molar-refractivity contribution in [2.75, 3.05) is 19.6 Å². The van der Waals surface area contributed by atoms with Crippen LogP contribution in [0.25, 0.3) is 0 Å². The van der Waals surface area contributed by atoms with E-state index in [1.807, 2.05) is 45.0 Å². The molecule has 2 fully saturated rings. The molecule has 158 valence electrons. The van der Waals surface area contributed by atoms with Gasteiger partial charge in [-0.25, -0.2) is 0 Å². The summed E-state index contributed by atoms with van der Waals surface area (Å²) in [6.45, 7) is 7.69. The van der Waals surface area contributed by atoms with Crippen LogP contribution in [0.3, 0.4) is 0 Å². The third kappa shape index (κ3) is 6.29. The normalized spacial score (nSPS) is 21.6. The maximum absolute atomic E-state index is 12.0. The van der Waals surface area contributed by atoms with Gasteiger partial charge in [0.05, 0.1) is 6.54 Å². The van der Waals surface area contributed by atoms with Gasteiger partial charge in [-0.15, -0.1) is 0 Å². The maximum atomic E-state index is 12.0. The molecule has 2 aliphatic rings. The third-order valence-corrected chi connectivity index (χ3v) is 5.18. The minimum Gasteiger partial charge on any atom is -0.481 e. The van der Waals surface area contributed by atoms with Gasteiger partial charge in [0.1, 0.15) is 11.4 Å². The lowest BCUT2D eigenvalue weighted by Crippen LogP contribution is -2.46. The number of likely N-dealkylation sites (tertiary alicyclic amines) is 1. The van der Waals surface area contributed by atoms with E-state index in [0.29, 0.717) is 31.1 Å². The van der Waals surface area contributed by atoms with E-state index in [0.717, 1.165) is 25.9 Å². The van der Waals surface area contributed by atoms with Gasteiger partial charge in [0.25, 0.3) is 5.91 Å². The van der Waals surface area contributed by atoms with Gasteiger partial charge in [0.15, 0.2) is 6.10 Å². The quantitative estimate of drug-likeness (QED) is 0.601. The van der Waals surface area contributed by atoms with Crippen LogP contribution in [0.2, 0.25) is 0 Å². The summed E-state index contributed by atoms with van der Waals surface area (Å²) in [6.07, 6.45) is 2.06. The molecule has 0 saturated carbocycles. The Morgan fingerprint density at radius 3 is 2.34 bits per heavy atom. The van der Waals surface area contributed by atoms with Crippen molar-refractivity contribution in [3.63, 3.8) is 0 Å². The van der Waals surface area contributed by atoms with Crippen molar-refractivity contribution in [2.24, 2.45) is 0 Å². The molecule has 1 aromatic rings. The van der Waals surface area contributed by atoms with E-state index in [-0.39, 0.29) is 17.8 Å². The summed E-state index contributed by atoms with van der Waals surface area (Å²) in [7, 11) is 0. The number of esters is 1. The first-order valence-electron chi connectivity index (χ1n) is 10.2. The van der Waals surface area contributed by atoms with E-state index in [4.69, 9.17) is 9.47 Å². The Labute approximate surface area is 171 Å². The van der Waals surface area contributed by atoms with E-state index >= 15 is 0 Å². The molecule has 1 atom stereocenters. The maximum Gasteiger partial charge on any atom is 0.320 e. The molecule has 1 aromatic carbocycles. The van der Waals surface area contributed by atoms with Gasteiger partial charge < -0.3 is 9.47 Å². The Kier molecular flexibility index (Phi) is 6.57. The van der Waals surface area contributed by atoms with Crippen LogP contribution in [-0.2, 0) is 19.1 Å². The first kappa shape index (κ1) is 21.3. The second kappa shape index (κ2) is 8.95. The standard InChI is InChI=1S/C22H30N2O5/c1-22(2,3)29-20(26)14-24-12-10-16(11-13-24)15-4-6-17(7-5-15)28-18-8-9-19(25)23-21(18)27/h4-7,16,18H,8-14H2,1-3H3,(H,23,25,27)/t18-/m1/s1. The summed E-state index contributed by atoms with van der Waals surface area (Å²) in [5.74, 6) is 0.275. The van der Waals surface area contributed by atoms with Crippen LogP contribution in [0, 0.1) is 0 Å². The Morgan fingerprint density at radius 2 is 1.76 bits per heavy atom. The molecule has 0 bridgehead atoms. The first-order chi connectivity index (χ1) is 13.7. The lowest BCUT2D eigenvalue weighted by Gasteiger charge is -2.32. The molecule has 2 heterocycles. The Balaban J connectivity index is 1.47. The fourth-order valence-corrected chi connectivity index (χ4v) is 3.75. The highest BCUT2D eigenvalue weighted by molar-refractivity contribution is 5.99. The second-order valence-corrected chi connectivity index (χ2v) is 8.76. The number of carbonyl (C=O) groups is 3. The molecular weight excluding hydrogens is 372 g/mol. The minimum absolute atomic E-state index is 0.175. The van der Waals surface area contributed by atoms with Gasteiger partial charge >= 0.3 is 5.97 Å². The molecule has 2 saturated heterocycles. The molecule has 3 rings (SSSR count). The number of ether oxygens (including phenoxy) is 2. The van der Waals surface area contributed by atoms with Gasteiger partial charge in [0.2, 0.25) is 5.91 Å². The number of benzene rings is 1. The van der Waals surface area contributed by atoms with Crippen molar-refractivity contribution in [3.05, 3.63) is 29.8 Å². The highest BCUT2D eigenvalue weighted by atomic mass is 16.6. The number of nitrogens with zero attached hydrogens (tertiary/aromatic N) is 1. The molecule has 7 heteroatoms. The van der Waals surface area contributed by atoms with Gasteiger partial charge in [-0.05, 0) is 70.3 Å². The van der Waals surface area contributed by atoms with Crippen LogP contribution in [0.15, 0.2) is 24.3 Å². The highest BCUT2D eigenvalue weighted by Gasteiger charge is 2.28. The summed E-state index contributed by atoms with van der Waals surface area (Å²) in [4.78, 5) is 37.2. The van der Waals surface area contributed by atoms with Crippen LogP contribution in [-0.4, -0.2) is 54.0 Å². The van der Waals surface area contributed by atoms with Crippen molar-refractivity contribution in [2.45, 2.75) is 64.1 Å². The average Bonchev–Trinajstić information content (AvgIpc) is 2.64. The van der Waals surface area contributed by atoms with E-state index in [1.54, 1.807) is 0 Å². The molecule has 29 heavy (non-hydrogen) atoms. The molecule has 0 radical (unpaired) electrons. The van der Waals surface area contributed by atoms with E-state index < -0.39 is 11.7 Å². The number of amides is 2. The zero-order valence-corrected chi connectivity index (χ0v) is 17.4. The number of carbonyl (C=O) groups excluding carboxylic acids is 3. The van der Waals surface area contributed by atoms with Gasteiger partial charge in [0, 0.05) is 12.8 Å². The fourth-order valence-electron chi connectivity index (χ4n) is 3.75. The number of rotatable bonds is 5.